The Balaban J connectivity index is 2.30. The SMILES string of the molecule is CN(Cc1nccn1C)c1ccc([N+](=O)[O-])cc1C#N. The van der Waals surface area contributed by atoms with Crippen molar-refractivity contribution in [3.8, 4) is 6.07 Å². The third-order valence-electron chi connectivity index (χ3n) is 3.02. The number of rotatable bonds is 4. The van der Waals surface area contributed by atoms with Gasteiger partial charge in [-0.05, 0) is 6.07 Å². The number of nitro groups is 1. The van der Waals surface area contributed by atoms with Crippen LogP contribution >= 0.6 is 0 Å². The fourth-order valence-corrected chi connectivity index (χ4v) is 1.91. The molecule has 0 aliphatic carbocycles. The van der Waals surface area contributed by atoms with Gasteiger partial charge in [0.2, 0.25) is 0 Å². The molecule has 2 aromatic rings. The number of nitriles is 1. The minimum atomic E-state index is -0.511. The molecule has 0 atom stereocenters. The molecule has 0 spiro atoms. The van der Waals surface area contributed by atoms with Crippen LogP contribution in [-0.2, 0) is 13.6 Å². The van der Waals surface area contributed by atoms with Crippen molar-refractivity contribution in [2.75, 3.05) is 11.9 Å². The molecule has 1 aromatic carbocycles. The number of hydrogen-bond donors (Lipinski definition) is 0. The number of imidazole rings is 1. The summed E-state index contributed by atoms with van der Waals surface area (Å²) in [4.78, 5) is 16.3. The van der Waals surface area contributed by atoms with Gasteiger partial charge >= 0.3 is 0 Å². The van der Waals surface area contributed by atoms with Crippen molar-refractivity contribution >= 4 is 11.4 Å². The van der Waals surface area contributed by atoms with Gasteiger partial charge in [-0.2, -0.15) is 5.26 Å². The summed E-state index contributed by atoms with van der Waals surface area (Å²) in [6.07, 6.45) is 3.54. The zero-order chi connectivity index (χ0) is 14.7. The van der Waals surface area contributed by atoms with E-state index in [4.69, 9.17) is 5.26 Å². The number of anilines is 1. The van der Waals surface area contributed by atoms with Gasteiger partial charge in [0.15, 0.2) is 0 Å². The lowest BCUT2D eigenvalue weighted by Crippen LogP contribution is -2.20. The van der Waals surface area contributed by atoms with E-state index < -0.39 is 4.92 Å². The molecule has 7 heteroatoms. The van der Waals surface area contributed by atoms with E-state index >= 15 is 0 Å². The standard InChI is InChI=1S/C13H13N5O2/c1-16-6-5-15-13(16)9-17(2)12-4-3-11(18(19)20)7-10(12)8-14/h3-7H,9H2,1-2H3. The number of nitro benzene ring substituents is 1. The highest BCUT2D eigenvalue weighted by atomic mass is 16.6. The van der Waals surface area contributed by atoms with Gasteiger partial charge in [0.1, 0.15) is 11.9 Å². The van der Waals surface area contributed by atoms with E-state index in [1.54, 1.807) is 12.3 Å². The number of nitrogens with zero attached hydrogens (tertiary/aromatic N) is 5. The molecule has 1 aromatic heterocycles. The van der Waals surface area contributed by atoms with Crippen molar-refractivity contribution in [1.82, 2.24) is 9.55 Å². The van der Waals surface area contributed by atoms with E-state index in [0.717, 1.165) is 5.82 Å². The van der Waals surface area contributed by atoms with Crippen LogP contribution in [0.4, 0.5) is 11.4 Å². The second-order valence-corrected chi connectivity index (χ2v) is 4.38. The Bertz CT molecular complexity index is 686. The van der Waals surface area contributed by atoms with Gasteiger partial charge in [-0.1, -0.05) is 0 Å². The molecular formula is C13H13N5O2. The molecule has 102 valence electrons. The van der Waals surface area contributed by atoms with E-state index in [2.05, 4.69) is 4.98 Å². The predicted molar refractivity (Wildman–Crippen MR) is 73.1 cm³/mol. The van der Waals surface area contributed by atoms with E-state index in [-0.39, 0.29) is 11.3 Å². The molecule has 0 saturated carbocycles. The van der Waals surface area contributed by atoms with Crippen LogP contribution in [0.2, 0.25) is 0 Å². The summed E-state index contributed by atoms with van der Waals surface area (Å²) in [7, 11) is 3.70. The number of hydrogen-bond acceptors (Lipinski definition) is 5. The van der Waals surface area contributed by atoms with Gasteiger partial charge in [0.05, 0.1) is 22.7 Å². The molecule has 2 rings (SSSR count). The van der Waals surface area contributed by atoms with Crippen molar-refractivity contribution in [1.29, 1.82) is 5.26 Å². The van der Waals surface area contributed by atoms with Crippen molar-refractivity contribution in [3.05, 3.63) is 52.1 Å². The highest BCUT2D eigenvalue weighted by molar-refractivity contribution is 5.62. The van der Waals surface area contributed by atoms with Crippen molar-refractivity contribution in [2.24, 2.45) is 7.05 Å². The van der Waals surface area contributed by atoms with E-state index in [0.29, 0.717) is 12.2 Å². The maximum absolute atomic E-state index is 10.7. The summed E-state index contributed by atoms with van der Waals surface area (Å²) >= 11 is 0. The minimum Gasteiger partial charge on any atom is -0.366 e. The van der Waals surface area contributed by atoms with E-state index in [1.165, 1.54) is 12.1 Å². The maximum Gasteiger partial charge on any atom is 0.270 e. The Hall–Kier alpha value is -2.88. The third-order valence-corrected chi connectivity index (χ3v) is 3.02. The summed E-state index contributed by atoms with van der Waals surface area (Å²) in [5.41, 5.74) is 0.827. The molecule has 0 aliphatic rings. The van der Waals surface area contributed by atoms with Crippen LogP contribution in [0, 0.1) is 21.4 Å². The number of aromatic nitrogens is 2. The Morgan fingerprint density at radius 3 is 2.85 bits per heavy atom. The highest BCUT2D eigenvalue weighted by Crippen LogP contribution is 2.25. The lowest BCUT2D eigenvalue weighted by molar-refractivity contribution is -0.384. The van der Waals surface area contributed by atoms with Crippen LogP contribution < -0.4 is 4.90 Å². The molecule has 0 fully saturated rings. The average molecular weight is 271 g/mol. The second kappa shape index (κ2) is 5.40. The lowest BCUT2D eigenvalue weighted by Gasteiger charge is -2.19. The van der Waals surface area contributed by atoms with Crippen LogP contribution in [0.1, 0.15) is 11.4 Å². The maximum atomic E-state index is 10.7. The molecular weight excluding hydrogens is 258 g/mol. The molecule has 0 bridgehead atoms. The minimum absolute atomic E-state index is 0.0873. The summed E-state index contributed by atoms with van der Waals surface area (Å²) < 4.78 is 1.88. The molecule has 0 saturated heterocycles. The first kappa shape index (κ1) is 13.5. The van der Waals surface area contributed by atoms with Gasteiger partial charge in [0, 0.05) is 38.6 Å². The molecule has 1 heterocycles. The molecule has 0 aliphatic heterocycles. The molecule has 7 nitrogen and oxygen atoms in total. The van der Waals surface area contributed by atoms with Crippen molar-refractivity contribution < 1.29 is 4.92 Å². The topological polar surface area (TPSA) is 88.0 Å². The van der Waals surface area contributed by atoms with Crippen LogP contribution in [0.25, 0.3) is 0 Å². The quantitative estimate of drug-likeness (QED) is 0.625. The van der Waals surface area contributed by atoms with Gasteiger partial charge in [-0.3, -0.25) is 10.1 Å². The lowest BCUT2D eigenvalue weighted by atomic mass is 10.1. The average Bonchev–Trinajstić information content (AvgIpc) is 2.83. The van der Waals surface area contributed by atoms with Gasteiger partial charge in [-0.15, -0.1) is 0 Å². The van der Waals surface area contributed by atoms with Crippen molar-refractivity contribution in [3.63, 3.8) is 0 Å². The zero-order valence-corrected chi connectivity index (χ0v) is 11.1. The van der Waals surface area contributed by atoms with Crippen LogP contribution in [-0.4, -0.2) is 21.5 Å². The summed E-state index contributed by atoms with van der Waals surface area (Å²) in [6, 6.07) is 6.25. The first-order valence-electron chi connectivity index (χ1n) is 5.89. The van der Waals surface area contributed by atoms with Gasteiger partial charge < -0.3 is 9.47 Å². The first-order chi connectivity index (χ1) is 9.52. The van der Waals surface area contributed by atoms with Crippen LogP contribution in [0.3, 0.4) is 0 Å². The second-order valence-electron chi connectivity index (χ2n) is 4.38. The Kier molecular flexibility index (Phi) is 3.66. The highest BCUT2D eigenvalue weighted by Gasteiger charge is 2.14. The van der Waals surface area contributed by atoms with E-state index in [9.17, 15) is 10.1 Å². The van der Waals surface area contributed by atoms with Gasteiger partial charge in [-0.25, -0.2) is 4.98 Å². The predicted octanol–water partition coefficient (Wildman–Crippen LogP) is 1.84. The number of aryl methyl sites for hydroxylation is 1. The molecule has 20 heavy (non-hydrogen) atoms. The largest absolute Gasteiger partial charge is 0.366 e. The zero-order valence-electron chi connectivity index (χ0n) is 11.1. The Morgan fingerprint density at radius 2 is 2.30 bits per heavy atom. The Labute approximate surface area is 115 Å². The number of non-ortho nitro benzene ring substituents is 1. The van der Waals surface area contributed by atoms with Crippen molar-refractivity contribution in [2.45, 2.75) is 6.54 Å². The summed E-state index contributed by atoms with van der Waals surface area (Å²) in [5.74, 6) is 0.842. The summed E-state index contributed by atoms with van der Waals surface area (Å²) in [5, 5.41) is 19.9. The number of benzene rings is 1. The smallest absolute Gasteiger partial charge is 0.270 e. The van der Waals surface area contributed by atoms with Gasteiger partial charge in [0.25, 0.3) is 5.69 Å². The monoisotopic (exact) mass is 271 g/mol. The van der Waals surface area contributed by atoms with Crippen LogP contribution in [0.5, 0.6) is 0 Å². The molecule has 0 N–H and O–H groups in total. The molecule has 0 amide bonds. The van der Waals surface area contributed by atoms with E-state index in [1.807, 2.05) is 35.8 Å². The normalized spacial score (nSPS) is 10.1. The summed E-state index contributed by atoms with van der Waals surface area (Å²) in [6.45, 7) is 0.510. The van der Waals surface area contributed by atoms with Crippen LogP contribution in [0.15, 0.2) is 30.6 Å². The third kappa shape index (κ3) is 2.59. The fourth-order valence-electron chi connectivity index (χ4n) is 1.91. The molecule has 0 radical (unpaired) electrons. The first-order valence-corrected chi connectivity index (χ1v) is 5.89. The molecule has 0 unspecified atom stereocenters. The fraction of sp³-hybridized carbons (Fsp3) is 0.231. The Morgan fingerprint density at radius 1 is 1.55 bits per heavy atom.